The molecule has 2 rings (SSSR count). The van der Waals surface area contributed by atoms with Gasteiger partial charge in [-0.1, -0.05) is 0 Å². The Balaban J connectivity index is 2.24. The van der Waals surface area contributed by atoms with E-state index < -0.39 is 0 Å². The summed E-state index contributed by atoms with van der Waals surface area (Å²) in [6, 6.07) is 3.51. The first-order valence-corrected chi connectivity index (χ1v) is 4.64. The average molecular weight is 192 g/mol. The quantitative estimate of drug-likeness (QED) is 0.695. The topological polar surface area (TPSA) is 51.2 Å². The molecular formula is C10H12N2O2. The van der Waals surface area contributed by atoms with Crippen LogP contribution in [0, 0.1) is 0 Å². The van der Waals surface area contributed by atoms with Crippen LogP contribution in [0.5, 0.6) is 0 Å². The van der Waals surface area contributed by atoms with Crippen LogP contribution in [-0.4, -0.2) is 31.0 Å². The summed E-state index contributed by atoms with van der Waals surface area (Å²) in [6.07, 6.45) is 2.41. The van der Waals surface area contributed by atoms with Gasteiger partial charge in [0, 0.05) is 24.8 Å². The highest BCUT2D eigenvalue weighted by Crippen LogP contribution is 2.18. The van der Waals surface area contributed by atoms with Gasteiger partial charge in [0.05, 0.1) is 12.3 Å². The third-order valence-corrected chi connectivity index (χ3v) is 2.23. The molecule has 1 N–H and O–H groups in total. The second kappa shape index (κ2) is 4.30. The van der Waals surface area contributed by atoms with Crippen molar-refractivity contribution in [2.24, 2.45) is 0 Å². The van der Waals surface area contributed by atoms with E-state index in [4.69, 9.17) is 4.74 Å². The Morgan fingerprint density at radius 3 is 3.29 bits per heavy atom. The zero-order chi connectivity index (χ0) is 9.80. The lowest BCUT2D eigenvalue weighted by Crippen LogP contribution is -2.34. The fourth-order valence-corrected chi connectivity index (χ4v) is 1.54. The molecule has 2 heterocycles. The maximum Gasteiger partial charge on any atom is 0.151 e. The fourth-order valence-electron chi connectivity index (χ4n) is 1.54. The Morgan fingerprint density at radius 2 is 2.57 bits per heavy atom. The molecule has 1 atom stereocenters. The van der Waals surface area contributed by atoms with Crippen LogP contribution in [0.25, 0.3) is 0 Å². The van der Waals surface area contributed by atoms with Crippen LogP contribution in [0.15, 0.2) is 18.3 Å². The van der Waals surface area contributed by atoms with Crippen molar-refractivity contribution in [2.45, 2.75) is 6.10 Å². The van der Waals surface area contributed by atoms with Gasteiger partial charge in [-0.15, -0.1) is 0 Å². The van der Waals surface area contributed by atoms with E-state index in [-0.39, 0.29) is 6.10 Å². The number of morpholine rings is 1. The minimum atomic E-state index is -0.0925. The van der Waals surface area contributed by atoms with Crippen molar-refractivity contribution in [1.82, 2.24) is 10.3 Å². The van der Waals surface area contributed by atoms with Crippen molar-refractivity contribution in [2.75, 3.05) is 19.7 Å². The van der Waals surface area contributed by atoms with Gasteiger partial charge in [-0.2, -0.15) is 0 Å². The summed E-state index contributed by atoms with van der Waals surface area (Å²) in [5.41, 5.74) is 1.34. The molecule has 1 aromatic heterocycles. The van der Waals surface area contributed by atoms with Gasteiger partial charge in [0.25, 0.3) is 0 Å². The third kappa shape index (κ3) is 1.81. The summed E-state index contributed by atoms with van der Waals surface area (Å²) < 4.78 is 5.52. The highest BCUT2D eigenvalue weighted by Gasteiger charge is 2.19. The van der Waals surface area contributed by atoms with Gasteiger partial charge in [0.1, 0.15) is 6.10 Å². The lowest BCUT2D eigenvalue weighted by molar-refractivity contribution is 0.0246. The molecule has 4 nitrogen and oxygen atoms in total. The van der Waals surface area contributed by atoms with Crippen molar-refractivity contribution < 1.29 is 9.53 Å². The molecule has 1 fully saturated rings. The maximum absolute atomic E-state index is 10.8. The summed E-state index contributed by atoms with van der Waals surface area (Å²) in [6.45, 7) is 2.25. The van der Waals surface area contributed by atoms with Gasteiger partial charge >= 0.3 is 0 Å². The second-order valence-electron chi connectivity index (χ2n) is 3.16. The van der Waals surface area contributed by atoms with E-state index in [2.05, 4.69) is 10.3 Å². The SMILES string of the molecule is O=Cc1cccnc1C1CNCCO1. The summed E-state index contributed by atoms with van der Waals surface area (Å²) in [4.78, 5) is 14.9. The Hall–Kier alpha value is -1.26. The molecule has 1 aliphatic heterocycles. The van der Waals surface area contributed by atoms with Gasteiger partial charge < -0.3 is 10.1 Å². The minimum absolute atomic E-state index is 0.0925. The number of ether oxygens (including phenoxy) is 1. The summed E-state index contributed by atoms with van der Waals surface area (Å²) in [5, 5.41) is 3.20. The van der Waals surface area contributed by atoms with E-state index in [0.29, 0.717) is 12.2 Å². The van der Waals surface area contributed by atoms with Gasteiger partial charge in [0.2, 0.25) is 0 Å². The monoisotopic (exact) mass is 192 g/mol. The molecule has 1 unspecified atom stereocenters. The van der Waals surface area contributed by atoms with E-state index >= 15 is 0 Å². The van der Waals surface area contributed by atoms with E-state index in [0.717, 1.165) is 25.1 Å². The first kappa shape index (κ1) is 9.30. The van der Waals surface area contributed by atoms with Gasteiger partial charge in [-0.05, 0) is 12.1 Å². The molecule has 1 aliphatic rings. The molecular weight excluding hydrogens is 180 g/mol. The normalized spacial score (nSPS) is 21.9. The predicted octanol–water partition coefficient (Wildman–Crippen LogP) is 0.555. The number of carbonyl (C=O) groups excluding carboxylic acids is 1. The van der Waals surface area contributed by atoms with Gasteiger partial charge in [0.15, 0.2) is 6.29 Å². The number of carbonyl (C=O) groups is 1. The first-order valence-electron chi connectivity index (χ1n) is 4.64. The molecule has 1 saturated heterocycles. The highest BCUT2D eigenvalue weighted by molar-refractivity contribution is 5.76. The molecule has 0 aromatic carbocycles. The van der Waals surface area contributed by atoms with Crippen molar-refractivity contribution >= 4 is 6.29 Å². The second-order valence-corrected chi connectivity index (χ2v) is 3.16. The van der Waals surface area contributed by atoms with Crippen LogP contribution < -0.4 is 5.32 Å². The molecule has 4 heteroatoms. The Kier molecular flexibility index (Phi) is 2.86. The van der Waals surface area contributed by atoms with Crippen molar-refractivity contribution in [3.8, 4) is 0 Å². The van der Waals surface area contributed by atoms with Crippen molar-refractivity contribution in [3.05, 3.63) is 29.6 Å². The van der Waals surface area contributed by atoms with Crippen LogP contribution >= 0.6 is 0 Å². The lowest BCUT2D eigenvalue weighted by Gasteiger charge is -2.23. The molecule has 14 heavy (non-hydrogen) atoms. The van der Waals surface area contributed by atoms with Crippen LogP contribution in [-0.2, 0) is 4.74 Å². The largest absolute Gasteiger partial charge is 0.369 e. The van der Waals surface area contributed by atoms with Crippen LogP contribution in [0.4, 0.5) is 0 Å². The Morgan fingerprint density at radius 1 is 1.64 bits per heavy atom. The van der Waals surface area contributed by atoms with Crippen molar-refractivity contribution in [1.29, 1.82) is 0 Å². The first-order chi connectivity index (χ1) is 6.92. The van der Waals surface area contributed by atoms with Crippen LogP contribution in [0.1, 0.15) is 22.2 Å². The number of rotatable bonds is 2. The number of hydrogen-bond donors (Lipinski definition) is 1. The summed E-state index contributed by atoms with van der Waals surface area (Å²) >= 11 is 0. The molecule has 0 amide bonds. The molecule has 74 valence electrons. The zero-order valence-corrected chi connectivity index (χ0v) is 7.77. The highest BCUT2D eigenvalue weighted by atomic mass is 16.5. The molecule has 0 aliphatic carbocycles. The van der Waals surface area contributed by atoms with E-state index in [1.54, 1.807) is 18.3 Å². The summed E-state index contributed by atoms with van der Waals surface area (Å²) in [7, 11) is 0. The number of aldehydes is 1. The molecule has 0 saturated carbocycles. The summed E-state index contributed by atoms with van der Waals surface area (Å²) in [5.74, 6) is 0. The molecule has 0 bridgehead atoms. The Labute approximate surface area is 82.3 Å². The van der Waals surface area contributed by atoms with E-state index in [9.17, 15) is 4.79 Å². The van der Waals surface area contributed by atoms with Crippen LogP contribution in [0.3, 0.4) is 0 Å². The number of aromatic nitrogens is 1. The number of pyridine rings is 1. The van der Waals surface area contributed by atoms with Gasteiger partial charge in [-0.25, -0.2) is 0 Å². The van der Waals surface area contributed by atoms with Crippen LogP contribution in [0.2, 0.25) is 0 Å². The van der Waals surface area contributed by atoms with E-state index in [1.807, 2.05) is 0 Å². The number of nitrogens with zero attached hydrogens (tertiary/aromatic N) is 1. The van der Waals surface area contributed by atoms with Crippen molar-refractivity contribution in [3.63, 3.8) is 0 Å². The number of nitrogens with one attached hydrogen (secondary N) is 1. The third-order valence-electron chi connectivity index (χ3n) is 2.23. The standard InChI is InChI=1S/C10H12N2O2/c13-7-8-2-1-3-12-10(8)9-6-11-4-5-14-9/h1-3,7,9,11H,4-6H2. The number of hydrogen-bond acceptors (Lipinski definition) is 4. The van der Waals surface area contributed by atoms with E-state index in [1.165, 1.54) is 0 Å². The fraction of sp³-hybridized carbons (Fsp3) is 0.400. The zero-order valence-electron chi connectivity index (χ0n) is 7.77. The molecule has 0 radical (unpaired) electrons. The molecule has 0 spiro atoms. The average Bonchev–Trinajstić information content (AvgIpc) is 2.30. The molecule has 1 aromatic rings. The Bertz CT molecular complexity index is 322. The smallest absolute Gasteiger partial charge is 0.151 e. The van der Waals surface area contributed by atoms with Gasteiger partial charge in [-0.3, -0.25) is 9.78 Å². The minimum Gasteiger partial charge on any atom is -0.369 e. The predicted molar refractivity (Wildman–Crippen MR) is 51.2 cm³/mol. The maximum atomic E-state index is 10.8. The lowest BCUT2D eigenvalue weighted by atomic mass is 10.1.